The number of carbonyl (C=O) groups is 1. The smallest absolute Gasteiger partial charge is 0.191 e. The van der Waals surface area contributed by atoms with Gasteiger partial charge in [-0.2, -0.15) is 0 Å². The molecule has 1 atom stereocenters. The van der Waals surface area contributed by atoms with Crippen molar-refractivity contribution in [3.05, 3.63) is 35.4 Å². The summed E-state index contributed by atoms with van der Waals surface area (Å²) in [6, 6.07) is 7.02. The lowest BCUT2D eigenvalue weighted by Crippen LogP contribution is -2.26. The molecular weight excluding hydrogens is 339 g/mol. The van der Waals surface area contributed by atoms with Crippen LogP contribution in [-0.4, -0.2) is 23.2 Å². The van der Waals surface area contributed by atoms with Gasteiger partial charge in [0.2, 0.25) is 0 Å². The number of halogens is 1. The van der Waals surface area contributed by atoms with Crippen LogP contribution < -0.4 is 0 Å². The molecule has 5 heteroatoms. The number of carbonyl (C=O) groups excluding carboxylic acids is 1. The van der Waals surface area contributed by atoms with Crippen molar-refractivity contribution in [2.24, 2.45) is 0 Å². The van der Waals surface area contributed by atoms with Crippen LogP contribution >= 0.6 is 22.6 Å². The van der Waals surface area contributed by atoms with Crippen LogP contribution in [0.1, 0.15) is 22.8 Å². The summed E-state index contributed by atoms with van der Waals surface area (Å²) in [5.41, 5.74) is 1.29. The first kappa shape index (κ1) is 13.6. The maximum atomic E-state index is 12.0. The van der Waals surface area contributed by atoms with Gasteiger partial charge in [-0.25, -0.2) is 8.42 Å². The van der Waals surface area contributed by atoms with E-state index in [9.17, 15) is 13.2 Å². The quantitative estimate of drug-likeness (QED) is 0.475. The topological polar surface area (TPSA) is 51.2 Å². The second-order valence-electron chi connectivity index (χ2n) is 3.45. The molecule has 88 valence electrons. The van der Waals surface area contributed by atoms with Crippen LogP contribution in [0.25, 0.3) is 0 Å². The predicted molar refractivity (Wildman–Crippen MR) is 72.8 cm³/mol. The lowest BCUT2D eigenvalue weighted by molar-refractivity contribution is 0.101. The molecule has 3 nitrogen and oxygen atoms in total. The Hall–Kier alpha value is -0.430. The van der Waals surface area contributed by atoms with E-state index in [0.29, 0.717) is 5.56 Å². The Morgan fingerprint density at radius 2 is 1.94 bits per heavy atom. The summed E-state index contributed by atoms with van der Waals surface area (Å²) in [6.45, 7) is 3.35. The van der Waals surface area contributed by atoms with E-state index in [4.69, 9.17) is 0 Å². The van der Waals surface area contributed by atoms with Crippen LogP contribution in [-0.2, 0) is 9.84 Å². The molecule has 0 fully saturated rings. The average Bonchev–Trinajstić information content (AvgIpc) is 2.27. The van der Waals surface area contributed by atoms with Gasteiger partial charge in [-0.05, 0) is 12.5 Å². The number of alkyl halides is 1. The third kappa shape index (κ3) is 2.82. The van der Waals surface area contributed by atoms with E-state index in [0.717, 1.165) is 5.56 Å². The van der Waals surface area contributed by atoms with Gasteiger partial charge in [0.1, 0.15) is 0 Å². The van der Waals surface area contributed by atoms with Crippen molar-refractivity contribution in [2.75, 3.05) is 5.75 Å². The molecule has 0 bridgehead atoms. The molecule has 0 spiro atoms. The maximum absolute atomic E-state index is 12.0. The van der Waals surface area contributed by atoms with Crippen molar-refractivity contribution in [1.29, 1.82) is 0 Å². The van der Waals surface area contributed by atoms with Gasteiger partial charge in [-0.3, -0.25) is 4.79 Å². The van der Waals surface area contributed by atoms with Crippen molar-refractivity contribution >= 4 is 38.2 Å². The molecule has 0 amide bonds. The molecule has 0 aliphatic carbocycles. The molecule has 16 heavy (non-hydrogen) atoms. The number of benzene rings is 1. The first-order chi connectivity index (χ1) is 7.40. The Bertz CT molecular complexity index is 494. The van der Waals surface area contributed by atoms with E-state index >= 15 is 0 Å². The minimum Gasteiger partial charge on any atom is -0.292 e. The SMILES string of the molecule is CCS(=O)(=O)C(I)C(=O)c1ccccc1C. The van der Waals surface area contributed by atoms with Gasteiger partial charge in [-0.1, -0.05) is 53.8 Å². The molecule has 0 saturated carbocycles. The number of Topliss-reactive ketones (excluding diaryl/α,β-unsaturated/α-hetero) is 1. The molecule has 1 rings (SSSR count). The lowest BCUT2D eigenvalue weighted by atomic mass is 10.1. The Labute approximate surface area is 109 Å². The van der Waals surface area contributed by atoms with Crippen molar-refractivity contribution in [3.8, 4) is 0 Å². The first-order valence-electron chi connectivity index (χ1n) is 4.85. The van der Waals surface area contributed by atoms with Gasteiger partial charge >= 0.3 is 0 Å². The largest absolute Gasteiger partial charge is 0.292 e. The minimum atomic E-state index is -3.33. The first-order valence-corrected chi connectivity index (χ1v) is 7.81. The highest BCUT2D eigenvalue weighted by Crippen LogP contribution is 2.19. The van der Waals surface area contributed by atoms with E-state index in [1.54, 1.807) is 54.6 Å². The Balaban J connectivity index is 3.10. The van der Waals surface area contributed by atoms with Crippen molar-refractivity contribution < 1.29 is 13.2 Å². The summed E-state index contributed by atoms with van der Waals surface area (Å²) in [5.74, 6) is -0.348. The summed E-state index contributed by atoms with van der Waals surface area (Å²) in [4.78, 5) is 12.0. The van der Waals surface area contributed by atoms with Gasteiger partial charge in [-0.15, -0.1) is 0 Å². The standard InChI is InChI=1S/C11H13IO3S/c1-3-16(14,15)11(12)10(13)9-7-5-4-6-8(9)2/h4-7,11H,3H2,1-2H3. The van der Waals surface area contributed by atoms with Gasteiger partial charge < -0.3 is 0 Å². The Kier molecular flexibility index (Phi) is 4.49. The number of sulfone groups is 1. The van der Waals surface area contributed by atoms with Crippen LogP contribution in [0.15, 0.2) is 24.3 Å². The number of hydrogen-bond acceptors (Lipinski definition) is 3. The molecule has 0 aromatic heterocycles. The average molecular weight is 352 g/mol. The van der Waals surface area contributed by atoms with Crippen LogP contribution in [0, 0.1) is 6.92 Å². The van der Waals surface area contributed by atoms with E-state index < -0.39 is 13.1 Å². The Morgan fingerprint density at radius 3 is 2.44 bits per heavy atom. The minimum absolute atomic E-state index is 0.0156. The highest BCUT2D eigenvalue weighted by Gasteiger charge is 2.29. The van der Waals surface area contributed by atoms with E-state index in [1.165, 1.54) is 0 Å². The third-order valence-electron chi connectivity index (χ3n) is 2.33. The number of rotatable bonds is 4. The van der Waals surface area contributed by atoms with Gasteiger partial charge in [0, 0.05) is 11.3 Å². The van der Waals surface area contributed by atoms with Gasteiger partial charge in [0.05, 0.1) is 0 Å². The molecular formula is C11H13IO3S. The highest BCUT2D eigenvalue weighted by molar-refractivity contribution is 14.1. The molecule has 0 heterocycles. The number of aryl methyl sites for hydroxylation is 1. The van der Waals surface area contributed by atoms with E-state index in [1.807, 2.05) is 6.07 Å². The summed E-state index contributed by atoms with van der Waals surface area (Å²) >= 11 is 1.69. The van der Waals surface area contributed by atoms with Crippen molar-refractivity contribution in [3.63, 3.8) is 0 Å². The van der Waals surface area contributed by atoms with E-state index in [2.05, 4.69) is 0 Å². The molecule has 0 saturated heterocycles. The normalized spacial score (nSPS) is 13.4. The van der Waals surface area contributed by atoms with Crippen LogP contribution in [0.2, 0.25) is 0 Å². The van der Waals surface area contributed by atoms with E-state index in [-0.39, 0.29) is 11.5 Å². The second-order valence-corrected chi connectivity index (χ2v) is 7.91. The molecule has 1 aromatic rings. The highest BCUT2D eigenvalue weighted by atomic mass is 127. The molecule has 0 aliphatic rings. The fourth-order valence-corrected chi connectivity index (χ4v) is 3.44. The lowest BCUT2D eigenvalue weighted by Gasteiger charge is -2.10. The Morgan fingerprint density at radius 1 is 1.38 bits per heavy atom. The van der Waals surface area contributed by atoms with Crippen LogP contribution in [0.5, 0.6) is 0 Å². The summed E-state index contributed by atoms with van der Waals surface area (Å²) < 4.78 is 22.2. The predicted octanol–water partition coefficient (Wildman–Crippen LogP) is 2.37. The fraction of sp³-hybridized carbons (Fsp3) is 0.364. The molecule has 0 aliphatic heterocycles. The zero-order valence-corrected chi connectivity index (χ0v) is 12.1. The van der Waals surface area contributed by atoms with Crippen molar-refractivity contribution in [1.82, 2.24) is 0 Å². The summed E-state index contributed by atoms with van der Waals surface area (Å²) in [5, 5.41) is 0. The number of hydrogen-bond donors (Lipinski definition) is 0. The molecule has 1 aromatic carbocycles. The van der Waals surface area contributed by atoms with Crippen LogP contribution in [0.3, 0.4) is 0 Å². The van der Waals surface area contributed by atoms with Gasteiger partial charge in [0.25, 0.3) is 0 Å². The monoisotopic (exact) mass is 352 g/mol. The van der Waals surface area contributed by atoms with Gasteiger partial charge in [0.15, 0.2) is 18.9 Å². The summed E-state index contributed by atoms with van der Waals surface area (Å²) in [6.07, 6.45) is 0. The zero-order valence-electron chi connectivity index (χ0n) is 9.10. The summed E-state index contributed by atoms with van der Waals surface area (Å²) in [7, 11) is -3.33. The molecule has 1 unspecified atom stereocenters. The molecule has 0 N–H and O–H groups in total. The molecule has 0 radical (unpaired) electrons. The second kappa shape index (κ2) is 5.27. The third-order valence-corrected chi connectivity index (χ3v) is 6.87. The number of ketones is 1. The maximum Gasteiger partial charge on any atom is 0.191 e. The fourth-order valence-electron chi connectivity index (χ4n) is 1.28. The zero-order chi connectivity index (χ0) is 12.3. The van der Waals surface area contributed by atoms with Crippen LogP contribution in [0.4, 0.5) is 0 Å². The van der Waals surface area contributed by atoms with Crippen molar-refractivity contribution in [2.45, 2.75) is 17.1 Å².